The van der Waals surface area contributed by atoms with Gasteiger partial charge in [-0.25, -0.2) is 9.67 Å². The van der Waals surface area contributed by atoms with Crippen LogP contribution in [-0.2, 0) is 17.8 Å². The van der Waals surface area contributed by atoms with Crippen LogP contribution in [0.3, 0.4) is 0 Å². The van der Waals surface area contributed by atoms with E-state index < -0.39 is 0 Å². The fraction of sp³-hybridized carbons (Fsp3) is 0.357. The third kappa shape index (κ3) is 2.36. The average Bonchev–Trinajstić information content (AvgIpc) is 2.90. The van der Waals surface area contributed by atoms with Gasteiger partial charge in [-0.05, 0) is 31.4 Å². The van der Waals surface area contributed by atoms with Crippen LogP contribution in [0.25, 0.3) is 0 Å². The van der Waals surface area contributed by atoms with Crippen molar-refractivity contribution >= 4 is 11.6 Å². The molecular formula is C14H16N4O. The molecule has 0 fully saturated rings. The Hall–Kier alpha value is -2.17. The summed E-state index contributed by atoms with van der Waals surface area (Å²) < 4.78 is 1.56. The molecule has 0 radical (unpaired) electrons. The third-order valence-electron chi connectivity index (χ3n) is 3.42. The van der Waals surface area contributed by atoms with E-state index in [4.69, 9.17) is 0 Å². The van der Waals surface area contributed by atoms with E-state index in [-0.39, 0.29) is 12.5 Å². The normalized spacial score (nSPS) is 14.3. The Morgan fingerprint density at radius 1 is 1.42 bits per heavy atom. The molecule has 0 atom stereocenters. The van der Waals surface area contributed by atoms with Crippen LogP contribution in [0.15, 0.2) is 30.9 Å². The molecule has 0 bridgehead atoms. The van der Waals surface area contributed by atoms with E-state index in [9.17, 15) is 4.79 Å². The summed E-state index contributed by atoms with van der Waals surface area (Å²) in [6, 6.07) is 6.27. The summed E-state index contributed by atoms with van der Waals surface area (Å²) in [4.78, 5) is 18.1. The van der Waals surface area contributed by atoms with E-state index in [1.165, 1.54) is 17.5 Å². The minimum atomic E-state index is 0.0651. The maximum Gasteiger partial charge on any atom is 0.248 e. The number of aromatic nitrogens is 3. The molecule has 3 rings (SSSR count). The van der Waals surface area contributed by atoms with E-state index in [1.807, 2.05) is 11.0 Å². The lowest BCUT2D eigenvalue weighted by Crippen LogP contribution is -2.37. The first-order valence-electron chi connectivity index (χ1n) is 6.46. The van der Waals surface area contributed by atoms with Gasteiger partial charge >= 0.3 is 0 Å². The van der Waals surface area contributed by atoms with Crippen LogP contribution in [0, 0.1) is 6.92 Å². The van der Waals surface area contributed by atoms with Gasteiger partial charge in [0.05, 0.1) is 0 Å². The molecule has 2 heterocycles. The van der Waals surface area contributed by atoms with Crippen molar-refractivity contribution in [3.05, 3.63) is 42.0 Å². The number of carbonyl (C=O) groups excluding carboxylic acids is 1. The van der Waals surface area contributed by atoms with Crippen molar-refractivity contribution in [1.82, 2.24) is 14.8 Å². The van der Waals surface area contributed by atoms with Gasteiger partial charge in [-0.2, -0.15) is 5.10 Å². The number of benzene rings is 1. The molecule has 1 aliphatic heterocycles. The topological polar surface area (TPSA) is 51.0 Å². The van der Waals surface area contributed by atoms with Crippen molar-refractivity contribution in [2.75, 3.05) is 11.4 Å². The van der Waals surface area contributed by atoms with E-state index in [0.29, 0.717) is 0 Å². The molecule has 0 spiro atoms. The van der Waals surface area contributed by atoms with Gasteiger partial charge in [-0.1, -0.05) is 17.7 Å². The zero-order chi connectivity index (χ0) is 13.2. The zero-order valence-corrected chi connectivity index (χ0v) is 10.9. The summed E-state index contributed by atoms with van der Waals surface area (Å²) in [7, 11) is 0. The monoisotopic (exact) mass is 256 g/mol. The highest BCUT2D eigenvalue weighted by Gasteiger charge is 2.22. The fourth-order valence-corrected chi connectivity index (χ4v) is 2.52. The van der Waals surface area contributed by atoms with E-state index in [1.54, 1.807) is 11.0 Å². The number of nitrogens with zero attached hydrogens (tertiary/aromatic N) is 4. The van der Waals surface area contributed by atoms with Crippen molar-refractivity contribution < 1.29 is 4.79 Å². The van der Waals surface area contributed by atoms with E-state index in [0.717, 1.165) is 25.1 Å². The second-order valence-corrected chi connectivity index (χ2v) is 4.87. The summed E-state index contributed by atoms with van der Waals surface area (Å²) in [5.74, 6) is 0.0651. The van der Waals surface area contributed by atoms with Crippen LogP contribution in [0.1, 0.15) is 17.5 Å². The second-order valence-electron chi connectivity index (χ2n) is 4.87. The molecule has 1 aromatic heterocycles. The summed E-state index contributed by atoms with van der Waals surface area (Å²) >= 11 is 0. The highest BCUT2D eigenvalue weighted by molar-refractivity contribution is 5.94. The van der Waals surface area contributed by atoms with E-state index in [2.05, 4.69) is 29.1 Å². The molecule has 5 heteroatoms. The van der Waals surface area contributed by atoms with Gasteiger partial charge in [0.2, 0.25) is 5.91 Å². The number of aryl methyl sites for hydroxylation is 2. The Kier molecular flexibility index (Phi) is 3.03. The van der Waals surface area contributed by atoms with Gasteiger partial charge in [0.15, 0.2) is 0 Å². The molecule has 0 saturated heterocycles. The van der Waals surface area contributed by atoms with E-state index >= 15 is 0 Å². The molecule has 1 aromatic carbocycles. The first-order chi connectivity index (χ1) is 9.24. The van der Waals surface area contributed by atoms with Crippen molar-refractivity contribution in [3.63, 3.8) is 0 Å². The summed E-state index contributed by atoms with van der Waals surface area (Å²) in [6.45, 7) is 3.10. The molecule has 5 nitrogen and oxygen atoms in total. The fourth-order valence-electron chi connectivity index (χ4n) is 2.52. The molecule has 1 aliphatic rings. The number of amides is 1. The zero-order valence-electron chi connectivity index (χ0n) is 10.9. The van der Waals surface area contributed by atoms with Crippen LogP contribution in [0.2, 0.25) is 0 Å². The van der Waals surface area contributed by atoms with Gasteiger partial charge in [-0.3, -0.25) is 4.79 Å². The highest BCUT2D eigenvalue weighted by atomic mass is 16.2. The number of carbonyl (C=O) groups is 1. The number of anilines is 1. The Labute approximate surface area is 111 Å². The third-order valence-corrected chi connectivity index (χ3v) is 3.42. The lowest BCUT2D eigenvalue weighted by atomic mass is 9.99. The van der Waals surface area contributed by atoms with Crippen molar-refractivity contribution in [1.29, 1.82) is 0 Å². The molecule has 19 heavy (non-hydrogen) atoms. The van der Waals surface area contributed by atoms with Crippen molar-refractivity contribution in [2.45, 2.75) is 26.3 Å². The van der Waals surface area contributed by atoms with Crippen molar-refractivity contribution in [3.8, 4) is 0 Å². The predicted molar refractivity (Wildman–Crippen MR) is 71.9 cm³/mol. The van der Waals surface area contributed by atoms with Gasteiger partial charge in [0.25, 0.3) is 0 Å². The largest absolute Gasteiger partial charge is 0.311 e. The smallest absolute Gasteiger partial charge is 0.248 e. The summed E-state index contributed by atoms with van der Waals surface area (Å²) in [5, 5.41) is 3.98. The average molecular weight is 256 g/mol. The molecule has 98 valence electrons. The number of hydrogen-bond donors (Lipinski definition) is 0. The molecule has 2 aromatic rings. The molecule has 0 unspecified atom stereocenters. The minimum absolute atomic E-state index is 0.0651. The first kappa shape index (κ1) is 11.9. The molecule has 0 aliphatic carbocycles. The number of fused-ring (bicyclic) bond motifs is 1. The first-order valence-corrected chi connectivity index (χ1v) is 6.46. The lowest BCUT2D eigenvalue weighted by molar-refractivity contribution is -0.119. The Morgan fingerprint density at radius 2 is 2.32 bits per heavy atom. The van der Waals surface area contributed by atoms with Gasteiger partial charge in [0.1, 0.15) is 19.2 Å². The van der Waals surface area contributed by atoms with Crippen LogP contribution < -0.4 is 4.90 Å². The number of rotatable bonds is 2. The Bertz CT molecular complexity index is 591. The maximum absolute atomic E-state index is 12.4. The van der Waals surface area contributed by atoms with Gasteiger partial charge in [0, 0.05) is 12.2 Å². The molecule has 0 saturated carbocycles. The quantitative estimate of drug-likeness (QED) is 0.819. The highest BCUT2D eigenvalue weighted by Crippen LogP contribution is 2.28. The minimum Gasteiger partial charge on any atom is -0.311 e. The summed E-state index contributed by atoms with van der Waals surface area (Å²) in [6.07, 6.45) is 5.07. The van der Waals surface area contributed by atoms with Gasteiger partial charge < -0.3 is 4.90 Å². The molecule has 1 amide bonds. The lowest BCUT2D eigenvalue weighted by Gasteiger charge is -2.29. The van der Waals surface area contributed by atoms with Gasteiger partial charge in [-0.15, -0.1) is 0 Å². The molecule has 0 N–H and O–H groups in total. The molecular weight excluding hydrogens is 240 g/mol. The predicted octanol–water partition coefficient (Wildman–Crippen LogP) is 1.57. The SMILES string of the molecule is Cc1ccc2c(c1)CCCN2C(=O)Cn1cncn1. The van der Waals surface area contributed by atoms with Crippen LogP contribution in [0.5, 0.6) is 0 Å². The van der Waals surface area contributed by atoms with Crippen LogP contribution in [0.4, 0.5) is 5.69 Å². The standard InChI is InChI=1S/C14H16N4O/c1-11-4-5-13-12(7-11)3-2-6-18(13)14(19)8-17-10-15-9-16-17/h4-5,7,9-10H,2-3,6,8H2,1H3. The van der Waals surface area contributed by atoms with Crippen molar-refractivity contribution in [2.24, 2.45) is 0 Å². The Balaban J connectivity index is 1.85. The Morgan fingerprint density at radius 3 is 3.11 bits per heavy atom. The number of hydrogen-bond acceptors (Lipinski definition) is 3. The summed E-state index contributed by atoms with van der Waals surface area (Å²) in [5.41, 5.74) is 3.55. The van der Waals surface area contributed by atoms with Crippen LogP contribution in [-0.4, -0.2) is 27.2 Å². The maximum atomic E-state index is 12.4. The second kappa shape index (κ2) is 4.84. The van der Waals surface area contributed by atoms with Crippen LogP contribution >= 0.6 is 0 Å².